The summed E-state index contributed by atoms with van der Waals surface area (Å²) in [6, 6.07) is 9.66. The van der Waals surface area contributed by atoms with E-state index < -0.39 is 0 Å². The highest BCUT2D eigenvalue weighted by Gasteiger charge is 2.09. The Labute approximate surface area is 94.6 Å². The van der Waals surface area contributed by atoms with Crippen LogP contribution < -0.4 is 10.5 Å². The highest BCUT2D eigenvalue weighted by molar-refractivity contribution is 5.69. The lowest BCUT2D eigenvalue weighted by Gasteiger charge is -2.07. The fourth-order valence-electron chi connectivity index (χ4n) is 1.57. The highest BCUT2D eigenvalue weighted by atomic mass is 16.5. The molecule has 0 amide bonds. The molecule has 1 aromatic carbocycles. The number of nitrogens with zero attached hydrogens (tertiary/aromatic N) is 2. The molecule has 1 aromatic heterocycles. The summed E-state index contributed by atoms with van der Waals surface area (Å²) < 4.78 is 7.20. The zero-order valence-electron chi connectivity index (χ0n) is 9.47. The van der Waals surface area contributed by atoms with Crippen LogP contribution in [0.1, 0.15) is 6.92 Å². The van der Waals surface area contributed by atoms with Gasteiger partial charge in [-0.1, -0.05) is 12.1 Å². The molecule has 0 unspecified atom stereocenters. The van der Waals surface area contributed by atoms with Gasteiger partial charge in [0.05, 0.1) is 12.3 Å². The summed E-state index contributed by atoms with van der Waals surface area (Å²) >= 11 is 0. The summed E-state index contributed by atoms with van der Waals surface area (Å²) in [5.41, 5.74) is 7.57. The summed E-state index contributed by atoms with van der Waals surface area (Å²) in [7, 11) is 1.82. The maximum atomic E-state index is 5.76. The molecule has 16 heavy (non-hydrogen) atoms. The van der Waals surface area contributed by atoms with Gasteiger partial charge < -0.3 is 10.5 Å². The van der Waals surface area contributed by atoms with Gasteiger partial charge in [0, 0.05) is 18.7 Å². The van der Waals surface area contributed by atoms with Crippen molar-refractivity contribution < 1.29 is 4.74 Å². The number of aromatic nitrogens is 2. The van der Waals surface area contributed by atoms with Gasteiger partial charge in [-0.15, -0.1) is 0 Å². The van der Waals surface area contributed by atoms with E-state index in [0.29, 0.717) is 12.4 Å². The number of nitrogen functional groups attached to an aromatic ring is 1. The van der Waals surface area contributed by atoms with Crippen LogP contribution in [0.3, 0.4) is 0 Å². The Balaban J connectivity index is 2.46. The Bertz CT molecular complexity index is 471. The molecule has 0 fully saturated rings. The zero-order valence-corrected chi connectivity index (χ0v) is 9.47. The van der Waals surface area contributed by atoms with Crippen molar-refractivity contribution in [3.8, 4) is 17.0 Å². The largest absolute Gasteiger partial charge is 0.493 e. The van der Waals surface area contributed by atoms with Crippen molar-refractivity contribution in [3.63, 3.8) is 0 Å². The van der Waals surface area contributed by atoms with Crippen LogP contribution in [0.4, 0.5) is 5.82 Å². The van der Waals surface area contributed by atoms with E-state index in [9.17, 15) is 0 Å². The molecular formula is C12H15N3O. The topological polar surface area (TPSA) is 53.1 Å². The average Bonchev–Trinajstić information content (AvgIpc) is 2.60. The molecule has 4 heteroatoms. The van der Waals surface area contributed by atoms with Crippen LogP contribution >= 0.6 is 0 Å². The summed E-state index contributed by atoms with van der Waals surface area (Å²) in [4.78, 5) is 0. The third-order valence-electron chi connectivity index (χ3n) is 2.38. The number of aryl methyl sites for hydroxylation is 1. The van der Waals surface area contributed by atoms with Gasteiger partial charge >= 0.3 is 0 Å². The minimum absolute atomic E-state index is 0.638. The molecule has 0 saturated carbocycles. The van der Waals surface area contributed by atoms with E-state index in [2.05, 4.69) is 5.10 Å². The molecule has 2 rings (SSSR count). The lowest BCUT2D eigenvalue weighted by atomic mass is 10.1. The van der Waals surface area contributed by atoms with E-state index in [1.165, 1.54) is 0 Å². The molecule has 0 saturated heterocycles. The smallest absolute Gasteiger partial charge is 0.128 e. The van der Waals surface area contributed by atoms with Gasteiger partial charge in [-0.25, -0.2) is 0 Å². The molecule has 4 nitrogen and oxygen atoms in total. The third-order valence-corrected chi connectivity index (χ3v) is 2.38. The molecule has 0 aliphatic rings. The van der Waals surface area contributed by atoms with Crippen LogP contribution in [0.2, 0.25) is 0 Å². The average molecular weight is 217 g/mol. The van der Waals surface area contributed by atoms with Gasteiger partial charge in [0.1, 0.15) is 11.6 Å². The van der Waals surface area contributed by atoms with Crippen LogP contribution in [0.25, 0.3) is 11.3 Å². The Morgan fingerprint density at radius 2 is 2.12 bits per heavy atom. The summed E-state index contributed by atoms with van der Waals surface area (Å²) in [5.74, 6) is 1.48. The van der Waals surface area contributed by atoms with E-state index in [4.69, 9.17) is 10.5 Å². The number of rotatable bonds is 3. The fraction of sp³-hybridized carbons (Fsp3) is 0.250. The molecular weight excluding hydrogens is 202 g/mol. The Morgan fingerprint density at radius 3 is 2.75 bits per heavy atom. The van der Waals surface area contributed by atoms with Gasteiger partial charge in [0.2, 0.25) is 0 Å². The number of benzene rings is 1. The van der Waals surface area contributed by atoms with Gasteiger partial charge in [-0.2, -0.15) is 5.10 Å². The van der Waals surface area contributed by atoms with Crippen LogP contribution in [-0.4, -0.2) is 16.4 Å². The zero-order chi connectivity index (χ0) is 11.5. The van der Waals surface area contributed by atoms with Gasteiger partial charge in [0.25, 0.3) is 0 Å². The van der Waals surface area contributed by atoms with Gasteiger partial charge in [-0.3, -0.25) is 4.68 Å². The monoisotopic (exact) mass is 217 g/mol. The van der Waals surface area contributed by atoms with Crippen LogP contribution in [0.5, 0.6) is 5.75 Å². The second-order valence-corrected chi connectivity index (χ2v) is 3.51. The minimum Gasteiger partial charge on any atom is -0.493 e. The molecule has 0 radical (unpaired) electrons. The molecule has 0 atom stereocenters. The van der Waals surface area contributed by atoms with Gasteiger partial charge in [0.15, 0.2) is 0 Å². The first kappa shape index (κ1) is 10.5. The predicted molar refractivity (Wildman–Crippen MR) is 64.2 cm³/mol. The number of hydrogen-bond donors (Lipinski definition) is 1. The summed E-state index contributed by atoms with van der Waals surface area (Å²) in [6.45, 7) is 2.60. The first-order valence-electron chi connectivity index (χ1n) is 5.24. The van der Waals surface area contributed by atoms with Crippen molar-refractivity contribution in [1.29, 1.82) is 0 Å². The van der Waals surface area contributed by atoms with Crippen LogP contribution in [0, 0.1) is 0 Å². The standard InChI is InChI=1S/C12H15N3O/c1-3-16-11-7-5-4-6-9(11)10-8-12(13)15(2)14-10/h4-8H,3,13H2,1-2H3. The molecule has 0 aliphatic carbocycles. The maximum Gasteiger partial charge on any atom is 0.128 e. The van der Waals surface area contributed by atoms with Crippen molar-refractivity contribution in [2.24, 2.45) is 7.05 Å². The SMILES string of the molecule is CCOc1ccccc1-c1cc(N)n(C)n1. The first-order valence-corrected chi connectivity index (χ1v) is 5.24. The molecule has 0 spiro atoms. The predicted octanol–water partition coefficient (Wildman–Crippen LogP) is 2.07. The van der Waals surface area contributed by atoms with Crippen LogP contribution in [-0.2, 0) is 7.05 Å². The molecule has 2 N–H and O–H groups in total. The minimum atomic E-state index is 0.638. The fourth-order valence-corrected chi connectivity index (χ4v) is 1.57. The van der Waals surface area contributed by atoms with Crippen molar-refractivity contribution in [2.75, 3.05) is 12.3 Å². The highest BCUT2D eigenvalue weighted by Crippen LogP contribution is 2.29. The number of ether oxygens (including phenoxy) is 1. The molecule has 0 bridgehead atoms. The number of anilines is 1. The van der Waals surface area contributed by atoms with E-state index >= 15 is 0 Å². The lowest BCUT2D eigenvalue weighted by Crippen LogP contribution is -1.97. The quantitative estimate of drug-likeness (QED) is 0.856. The molecule has 84 valence electrons. The lowest BCUT2D eigenvalue weighted by molar-refractivity contribution is 0.341. The van der Waals surface area contributed by atoms with Crippen LogP contribution in [0.15, 0.2) is 30.3 Å². The first-order chi connectivity index (χ1) is 7.72. The van der Waals surface area contributed by atoms with E-state index in [-0.39, 0.29) is 0 Å². The van der Waals surface area contributed by atoms with E-state index in [1.54, 1.807) is 4.68 Å². The second kappa shape index (κ2) is 4.26. The van der Waals surface area contributed by atoms with Crippen molar-refractivity contribution in [2.45, 2.75) is 6.92 Å². The normalized spacial score (nSPS) is 10.4. The molecule has 0 aliphatic heterocycles. The summed E-state index contributed by atoms with van der Waals surface area (Å²) in [5, 5.41) is 4.34. The summed E-state index contributed by atoms with van der Waals surface area (Å²) in [6.07, 6.45) is 0. The van der Waals surface area contributed by atoms with Crippen molar-refractivity contribution >= 4 is 5.82 Å². The van der Waals surface area contributed by atoms with E-state index in [1.807, 2.05) is 44.3 Å². The Kier molecular flexibility index (Phi) is 2.81. The number of nitrogens with two attached hydrogens (primary N) is 1. The Morgan fingerprint density at radius 1 is 1.38 bits per heavy atom. The Hall–Kier alpha value is -1.97. The third kappa shape index (κ3) is 1.86. The maximum absolute atomic E-state index is 5.76. The van der Waals surface area contributed by atoms with E-state index in [0.717, 1.165) is 17.0 Å². The van der Waals surface area contributed by atoms with Crippen molar-refractivity contribution in [3.05, 3.63) is 30.3 Å². The second-order valence-electron chi connectivity index (χ2n) is 3.51. The number of hydrogen-bond acceptors (Lipinski definition) is 3. The molecule has 1 heterocycles. The van der Waals surface area contributed by atoms with Crippen molar-refractivity contribution in [1.82, 2.24) is 9.78 Å². The van der Waals surface area contributed by atoms with Gasteiger partial charge in [-0.05, 0) is 19.1 Å². The molecule has 2 aromatic rings. The number of para-hydroxylation sites is 1.